The zero-order chi connectivity index (χ0) is 10.3. The van der Waals surface area contributed by atoms with E-state index in [4.69, 9.17) is 5.73 Å². The first kappa shape index (κ1) is 9.50. The Morgan fingerprint density at radius 2 is 2.21 bits per heavy atom. The van der Waals surface area contributed by atoms with Gasteiger partial charge in [-0.05, 0) is 6.42 Å². The molecule has 0 saturated heterocycles. The van der Waals surface area contributed by atoms with Crippen LogP contribution in [0.1, 0.15) is 27.2 Å². The van der Waals surface area contributed by atoms with Crippen LogP contribution in [0.4, 0.5) is 0 Å². The van der Waals surface area contributed by atoms with Gasteiger partial charge < -0.3 is 5.73 Å². The quantitative estimate of drug-likeness (QED) is 0.676. The summed E-state index contributed by atoms with van der Waals surface area (Å²) in [6, 6.07) is 0.278. The van der Waals surface area contributed by atoms with E-state index in [9.17, 15) is 0 Å². The third kappa shape index (κ3) is 1.21. The fraction of sp³-hybridized carbons (Fsp3) is 0.583. The minimum atomic E-state index is 0.0237. The molecule has 2 N–H and O–H groups in total. The van der Waals surface area contributed by atoms with Gasteiger partial charge in [0.25, 0.3) is 0 Å². The Labute approximate surface area is 85.6 Å². The van der Waals surface area contributed by atoms with Crippen molar-refractivity contribution >= 4 is 5.84 Å². The van der Waals surface area contributed by atoms with E-state index in [0.29, 0.717) is 5.92 Å². The zero-order valence-corrected chi connectivity index (χ0v) is 9.12. The summed E-state index contributed by atoms with van der Waals surface area (Å²) in [5.74, 6) is 1.26. The average molecular weight is 190 g/mol. The molecule has 14 heavy (non-hydrogen) atoms. The van der Waals surface area contributed by atoms with E-state index in [-0.39, 0.29) is 11.5 Å². The van der Waals surface area contributed by atoms with Gasteiger partial charge in [-0.25, -0.2) is 0 Å². The largest absolute Gasteiger partial charge is 0.387 e. The SMILES string of the molecule is CCC1=CC2C(C=C1)N=C(N)C2(C)C. The maximum absolute atomic E-state index is 5.95. The lowest BCUT2D eigenvalue weighted by atomic mass is 9.74. The number of nitrogens with two attached hydrogens (primary N) is 1. The van der Waals surface area contributed by atoms with Crippen molar-refractivity contribution < 1.29 is 0 Å². The average Bonchev–Trinajstić information content (AvgIpc) is 2.38. The molecule has 0 aromatic carbocycles. The van der Waals surface area contributed by atoms with Crippen LogP contribution in [0.2, 0.25) is 0 Å². The number of hydrogen-bond donors (Lipinski definition) is 1. The molecule has 76 valence electrons. The predicted molar refractivity (Wildman–Crippen MR) is 60.2 cm³/mol. The van der Waals surface area contributed by atoms with Crippen LogP contribution in [-0.2, 0) is 0 Å². The second-order valence-electron chi connectivity index (χ2n) is 4.71. The van der Waals surface area contributed by atoms with E-state index in [1.807, 2.05) is 0 Å². The molecule has 2 aliphatic rings. The van der Waals surface area contributed by atoms with E-state index in [0.717, 1.165) is 12.3 Å². The highest BCUT2D eigenvalue weighted by molar-refractivity contribution is 5.89. The summed E-state index contributed by atoms with van der Waals surface area (Å²) in [7, 11) is 0. The van der Waals surface area contributed by atoms with Crippen molar-refractivity contribution in [2.45, 2.75) is 33.2 Å². The molecule has 2 rings (SSSR count). The maximum Gasteiger partial charge on any atom is 0.101 e. The van der Waals surface area contributed by atoms with Crippen molar-refractivity contribution in [1.29, 1.82) is 0 Å². The Balaban J connectivity index is 2.34. The van der Waals surface area contributed by atoms with Crippen LogP contribution in [0.5, 0.6) is 0 Å². The molecule has 0 bridgehead atoms. The van der Waals surface area contributed by atoms with Crippen molar-refractivity contribution in [1.82, 2.24) is 0 Å². The summed E-state index contributed by atoms with van der Waals surface area (Å²) in [5.41, 5.74) is 7.38. The number of fused-ring (bicyclic) bond motifs is 1. The second-order valence-corrected chi connectivity index (χ2v) is 4.71. The number of nitrogens with zero attached hydrogens (tertiary/aromatic N) is 1. The van der Waals surface area contributed by atoms with Crippen LogP contribution < -0.4 is 5.73 Å². The normalized spacial score (nSPS) is 33.6. The van der Waals surface area contributed by atoms with Gasteiger partial charge >= 0.3 is 0 Å². The Morgan fingerprint density at radius 3 is 2.86 bits per heavy atom. The standard InChI is InChI=1S/C12H18N2/c1-4-8-5-6-10-9(7-8)12(2,3)11(13)14-10/h5-7,9-10H,4H2,1-3H3,(H2,13,14). The van der Waals surface area contributed by atoms with Gasteiger partial charge in [0.1, 0.15) is 5.84 Å². The lowest BCUT2D eigenvalue weighted by Gasteiger charge is -2.29. The molecule has 0 aromatic rings. The zero-order valence-electron chi connectivity index (χ0n) is 9.12. The molecule has 0 amide bonds. The summed E-state index contributed by atoms with van der Waals surface area (Å²) in [5, 5.41) is 0. The van der Waals surface area contributed by atoms with Gasteiger partial charge in [-0.1, -0.05) is 44.6 Å². The van der Waals surface area contributed by atoms with E-state index in [1.54, 1.807) is 0 Å². The molecular formula is C12H18N2. The Hall–Kier alpha value is -1.05. The Morgan fingerprint density at radius 1 is 1.50 bits per heavy atom. The topological polar surface area (TPSA) is 38.4 Å². The fourth-order valence-corrected chi connectivity index (χ4v) is 2.22. The molecule has 0 aromatic heterocycles. The van der Waals surface area contributed by atoms with Crippen LogP contribution in [0.15, 0.2) is 28.8 Å². The van der Waals surface area contributed by atoms with E-state index in [1.165, 1.54) is 5.57 Å². The van der Waals surface area contributed by atoms with Gasteiger partial charge in [0.2, 0.25) is 0 Å². The van der Waals surface area contributed by atoms with Crippen LogP contribution >= 0.6 is 0 Å². The first-order chi connectivity index (χ1) is 6.55. The van der Waals surface area contributed by atoms with Crippen LogP contribution in [0.25, 0.3) is 0 Å². The predicted octanol–water partition coefficient (Wildman–Crippen LogP) is 2.27. The minimum absolute atomic E-state index is 0.0237. The number of amidine groups is 1. The summed E-state index contributed by atoms with van der Waals surface area (Å²) < 4.78 is 0. The van der Waals surface area contributed by atoms with Gasteiger partial charge in [-0.15, -0.1) is 0 Å². The molecule has 2 atom stereocenters. The van der Waals surface area contributed by atoms with Crippen LogP contribution in [-0.4, -0.2) is 11.9 Å². The molecule has 0 radical (unpaired) electrons. The highest BCUT2D eigenvalue weighted by Crippen LogP contribution is 2.41. The molecule has 0 spiro atoms. The van der Waals surface area contributed by atoms with Crippen molar-refractivity contribution in [3.8, 4) is 0 Å². The first-order valence-corrected chi connectivity index (χ1v) is 5.28. The molecule has 2 heteroatoms. The molecule has 0 saturated carbocycles. The lowest BCUT2D eigenvalue weighted by molar-refractivity contribution is 0.377. The van der Waals surface area contributed by atoms with Crippen LogP contribution in [0.3, 0.4) is 0 Å². The molecule has 1 aliphatic carbocycles. The highest BCUT2D eigenvalue weighted by atomic mass is 15.0. The van der Waals surface area contributed by atoms with E-state index in [2.05, 4.69) is 44.0 Å². The monoisotopic (exact) mass is 190 g/mol. The molecular weight excluding hydrogens is 172 g/mol. The maximum atomic E-state index is 5.95. The summed E-state index contributed by atoms with van der Waals surface area (Å²) in [6.07, 6.45) is 7.80. The lowest BCUT2D eigenvalue weighted by Crippen LogP contribution is -2.35. The minimum Gasteiger partial charge on any atom is -0.387 e. The smallest absolute Gasteiger partial charge is 0.101 e. The number of allylic oxidation sites excluding steroid dienone is 2. The van der Waals surface area contributed by atoms with Gasteiger partial charge in [0, 0.05) is 11.3 Å². The van der Waals surface area contributed by atoms with Gasteiger partial charge in [-0.3, -0.25) is 4.99 Å². The summed E-state index contributed by atoms with van der Waals surface area (Å²) >= 11 is 0. The third-order valence-corrected chi connectivity index (χ3v) is 3.46. The van der Waals surface area contributed by atoms with E-state index < -0.39 is 0 Å². The number of rotatable bonds is 1. The highest BCUT2D eigenvalue weighted by Gasteiger charge is 2.42. The van der Waals surface area contributed by atoms with Crippen molar-refractivity contribution in [3.63, 3.8) is 0 Å². The summed E-state index contributed by atoms with van der Waals surface area (Å²) in [6.45, 7) is 6.54. The Kier molecular flexibility index (Phi) is 2.02. The summed E-state index contributed by atoms with van der Waals surface area (Å²) in [4.78, 5) is 4.50. The van der Waals surface area contributed by atoms with Crippen molar-refractivity contribution in [2.24, 2.45) is 22.1 Å². The molecule has 1 heterocycles. The van der Waals surface area contributed by atoms with E-state index >= 15 is 0 Å². The van der Waals surface area contributed by atoms with Gasteiger partial charge in [0.15, 0.2) is 0 Å². The number of aliphatic imine (C=N–C) groups is 1. The van der Waals surface area contributed by atoms with Crippen molar-refractivity contribution in [2.75, 3.05) is 0 Å². The third-order valence-electron chi connectivity index (χ3n) is 3.46. The Bertz CT molecular complexity index is 334. The fourth-order valence-electron chi connectivity index (χ4n) is 2.22. The van der Waals surface area contributed by atoms with Crippen molar-refractivity contribution in [3.05, 3.63) is 23.8 Å². The van der Waals surface area contributed by atoms with Gasteiger partial charge in [0.05, 0.1) is 6.04 Å². The second kappa shape index (κ2) is 2.97. The number of hydrogen-bond acceptors (Lipinski definition) is 2. The molecule has 2 unspecified atom stereocenters. The molecule has 1 aliphatic heterocycles. The van der Waals surface area contributed by atoms with Crippen LogP contribution in [0, 0.1) is 11.3 Å². The van der Waals surface area contributed by atoms with Gasteiger partial charge in [-0.2, -0.15) is 0 Å². The molecule has 0 fully saturated rings. The molecule has 2 nitrogen and oxygen atoms in total. The first-order valence-electron chi connectivity index (χ1n) is 5.28.